The number of rotatable bonds is 2. The number of hydrogen-bond acceptors (Lipinski definition) is 4. The van der Waals surface area contributed by atoms with Crippen molar-refractivity contribution in [1.29, 1.82) is 0 Å². The Balaban J connectivity index is 2.32. The van der Waals surface area contributed by atoms with E-state index in [4.69, 9.17) is 11.6 Å². The highest BCUT2D eigenvalue weighted by Gasteiger charge is 2.17. The number of nitrogens with zero attached hydrogens (tertiary/aromatic N) is 2. The highest BCUT2D eigenvalue weighted by Crippen LogP contribution is 2.26. The summed E-state index contributed by atoms with van der Waals surface area (Å²) in [6.45, 7) is 1.61. The second-order valence-corrected chi connectivity index (χ2v) is 4.63. The molecule has 8 heteroatoms. The quantitative estimate of drug-likeness (QED) is 0.857. The number of nitrogens with one attached hydrogen (secondary N) is 1. The zero-order chi connectivity index (χ0) is 13.3. The highest BCUT2D eigenvalue weighted by molar-refractivity contribution is 9.10. The van der Waals surface area contributed by atoms with Crippen molar-refractivity contribution in [3.8, 4) is 0 Å². The fraction of sp³-hybridized carbons (Fsp3) is 0.100. The van der Waals surface area contributed by atoms with Gasteiger partial charge in [0.25, 0.3) is 5.91 Å². The molecule has 0 spiro atoms. The summed E-state index contributed by atoms with van der Waals surface area (Å²) in [5.74, 6) is -1.02. The molecular weight excluding hydrogens is 328 g/mol. The molecule has 1 N–H and O–H groups in total. The van der Waals surface area contributed by atoms with Crippen LogP contribution in [0.3, 0.4) is 0 Å². The molecule has 18 heavy (non-hydrogen) atoms. The Morgan fingerprint density at radius 3 is 2.83 bits per heavy atom. The van der Waals surface area contributed by atoms with Gasteiger partial charge in [0.1, 0.15) is 11.5 Å². The molecular formula is C10H6BrClFN3O2. The Bertz CT molecular complexity index is 617. The number of benzene rings is 1. The average Bonchev–Trinajstić information content (AvgIpc) is 2.69. The van der Waals surface area contributed by atoms with E-state index >= 15 is 0 Å². The summed E-state index contributed by atoms with van der Waals surface area (Å²) >= 11 is 8.68. The molecule has 2 aromatic rings. The number of halogens is 3. The first kappa shape index (κ1) is 13.0. The minimum Gasteiger partial charge on any atom is -0.302 e. The lowest BCUT2D eigenvalue weighted by Crippen LogP contribution is -2.14. The lowest BCUT2D eigenvalue weighted by Gasteiger charge is -2.06. The lowest BCUT2D eigenvalue weighted by molar-refractivity contribution is 0.102. The summed E-state index contributed by atoms with van der Waals surface area (Å²) in [5, 5.41) is 9.57. The maximum Gasteiger partial charge on any atom is 0.258 e. The normalized spacial score (nSPS) is 10.4. The van der Waals surface area contributed by atoms with Crippen molar-refractivity contribution in [1.82, 2.24) is 10.3 Å². The van der Waals surface area contributed by atoms with Crippen LogP contribution in [0, 0.1) is 12.7 Å². The maximum absolute atomic E-state index is 13.4. The first-order valence-corrected chi connectivity index (χ1v) is 5.91. The molecule has 0 saturated heterocycles. The van der Waals surface area contributed by atoms with Crippen molar-refractivity contribution in [2.45, 2.75) is 6.92 Å². The zero-order valence-electron chi connectivity index (χ0n) is 9.00. The van der Waals surface area contributed by atoms with Gasteiger partial charge in [-0.25, -0.2) is 9.02 Å². The molecule has 0 aliphatic rings. The molecule has 1 aromatic heterocycles. The summed E-state index contributed by atoms with van der Waals surface area (Å²) in [6.07, 6.45) is 0. The Kier molecular flexibility index (Phi) is 3.63. The molecule has 94 valence electrons. The third kappa shape index (κ3) is 2.51. The van der Waals surface area contributed by atoms with Gasteiger partial charge in [-0.2, -0.15) is 0 Å². The van der Waals surface area contributed by atoms with Crippen LogP contribution in [-0.2, 0) is 0 Å². The molecule has 2 rings (SSSR count). The van der Waals surface area contributed by atoms with Gasteiger partial charge in [0, 0.05) is 5.02 Å². The number of carbonyl (C=O) groups excluding carboxylic acids is 1. The van der Waals surface area contributed by atoms with Crippen LogP contribution in [-0.4, -0.2) is 16.2 Å². The van der Waals surface area contributed by atoms with Crippen LogP contribution in [0.5, 0.6) is 0 Å². The monoisotopic (exact) mass is 333 g/mol. The molecule has 1 aromatic carbocycles. The van der Waals surface area contributed by atoms with Gasteiger partial charge in [-0.1, -0.05) is 16.8 Å². The molecule has 0 aliphatic carbocycles. The smallest absolute Gasteiger partial charge is 0.258 e. The minimum absolute atomic E-state index is 0.0264. The predicted octanol–water partition coefficient (Wildman–Crippen LogP) is 3.19. The first-order valence-electron chi connectivity index (χ1n) is 4.74. The summed E-state index contributed by atoms with van der Waals surface area (Å²) in [4.78, 5) is 11.9. The standard InChI is InChI=1S/C10H6BrClFN3O2/c1-4-9(16-18-15-4)14-10(17)6-2-5(12)3-7(13)8(6)11/h2-3H,1H3,(H,14,16,17). The van der Waals surface area contributed by atoms with Crippen molar-refractivity contribution < 1.29 is 13.8 Å². The predicted molar refractivity (Wildman–Crippen MR) is 66.1 cm³/mol. The third-order valence-electron chi connectivity index (χ3n) is 2.12. The van der Waals surface area contributed by atoms with Crippen LogP contribution in [0.25, 0.3) is 0 Å². The number of carbonyl (C=O) groups is 1. The third-order valence-corrected chi connectivity index (χ3v) is 3.15. The lowest BCUT2D eigenvalue weighted by atomic mass is 10.2. The highest BCUT2D eigenvalue weighted by atomic mass is 79.9. The fourth-order valence-corrected chi connectivity index (χ4v) is 1.86. The first-order chi connectivity index (χ1) is 8.49. The molecule has 0 radical (unpaired) electrons. The number of amides is 1. The van der Waals surface area contributed by atoms with Gasteiger partial charge in [-0.3, -0.25) is 4.79 Å². The molecule has 0 aliphatic heterocycles. The summed E-state index contributed by atoms with van der Waals surface area (Å²) in [7, 11) is 0. The van der Waals surface area contributed by atoms with Crippen LogP contribution in [0.1, 0.15) is 16.1 Å². The van der Waals surface area contributed by atoms with Gasteiger partial charge in [0.15, 0.2) is 0 Å². The van der Waals surface area contributed by atoms with E-state index in [2.05, 4.69) is 36.2 Å². The molecule has 0 saturated carbocycles. The molecule has 0 bridgehead atoms. The van der Waals surface area contributed by atoms with E-state index in [1.165, 1.54) is 6.07 Å². The molecule has 5 nitrogen and oxygen atoms in total. The summed E-state index contributed by atoms with van der Waals surface area (Å²) < 4.78 is 17.9. The van der Waals surface area contributed by atoms with Crippen LogP contribution in [0.2, 0.25) is 5.02 Å². The van der Waals surface area contributed by atoms with Crippen molar-refractivity contribution in [3.05, 3.63) is 38.7 Å². The van der Waals surface area contributed by atoms with Gasteiger partial charge in [-0.15, -0.1) is 0 Å². The van der Waals surface area contributed by atoms with Gasteiger partial charge in [0.05, 0.1) is 10.0 Å². The molecule has 0 atom stereocenters. The van der Waals surface area contributed by atoms with Crippen LogP contribution in [0.15, 0.2) is 21.2 Å². The average molecular weight is 335 g/mol. The van der Waals surface area contributed by atoms with Crippen molar-refractivity contribution in [2.24, 2.45) is 0 Å². The Morgan fingerprint density at radius 2 is 2.22 bits per heavy atom. The van der Waals surface area contributed by atoms with E-state index in [0.29, 0.717) is 5.69 Å². The second kappa shape index (κ2) is 5.03. The molecule has 1 heterocycles. The van der Waals surface area contributed by atoms with E-state index in [0.717, 1.165) is 6.07 Å². The van der Waals surface area contributed by atoms with Crippen molar-refractivity contribution in [3.63, 3.8) is 0 Å². The molecule has 0 fully saturated rings. The van der Waals surface area contributed by atoms with E-state index in [1.807, 2.05) is 0 Å². The Labute approximate surface area is 114 Å². The Morgan fingerprint density at radius 1 is 1.50 bits per heavy atom. The number of anilines is 1. The number of aryl methyl sites for hydroxylation is 1. The molecule has 1 amide bonds. The van der Waals surface area contributed by atoms with Crippen LogP contribution in [0.4, 0.5) is 10.2 Å². The van der Waals surface area contributed by atoms with E-state index in [-0.39, 0.29) is 20.9 Å². The van der Waals surface area contributed by atoms with Crippen molar-refractivity contribution in [2.75, 3.05) is 5.32 Å². The number of aromatic nitrogens is 2. The van der Waals surface area contributed by atoms with E-state index in [1.54, 1.807) is 6.92 Å². The van der Waals surface area contributed by atoms with Gasteiger partial charge >= 0.3 is 0 Å². The SMILES string of the molecule is Cc1nonc1NC(=O)c1cc(Cl)cc(F)c1Br. The summed E-state index contributed by atoms with van der Waals surface area (Å²) in [5.41, 5.74) is 0.476. The maximum atomic E-state index is 13.4. The topological polar surface area (TPSA) is 68.0 Å². The molecule has 0 unspecified atom stereocenters. The van der Waals surface area contributed by atoms with Crippen LogP contribution < -0.4 is 5.32 Å². The number of hydrogen-bond donors (Lipinski definition) is 1. The largest absolute Gasteiger partial charge is 0.302 e. The van der Waals surface area contributed by atoms with Crippen molar-refractivity contribution >= 4 is 39.3 Å². The van der Waals surface area contributed by atoms with E-state index in [9.17, 15) is 9.18 Å². The van der Waals surface area contributed by atoms with Gasteiger partial charge in [-0.05, 0) is 40.1 Å². The minimum atomic E-state index is -0.623. The second-order valence-electron chi connectivity index (χ2n) is 3.40. The Hall–Kier alpha value is -1.47. The van der Waals surface area contributed by atoms with Crippen LogP contribution >= 0.6 is 27.5 Å². The summed E-state index contributed by atoms with van der Waals surface area (Å²) in [6, 6.07) is 2.44. The fourth-order valence-electron chi connectivity index (χ4n) is 1.24. The van der Waals surface area contributed by atoms with E-state index < -0.39 is 11.7 Å². The zero-order valence-corrected chi connectivity index (χ0v) is 11.3. The van der Waals surface area contributed by atoms with Gasteiger partial charge in [0.2, 0.25) is 5.82 Å². The van der Waals surface area contributed by atoms with Gasteiger partial charge < -0.3 is 5.32 Å².